The molecule has 5 heteroatoms. The summed E-state index contributed by atoms with van der Waals surface area (Å²) in [6.45, 7) is 7.22. The molecule has 2 aromatic rings. The third-order valence-electron chi connectivity index (χ3n) is 3.09. The maximum atomic E-state index is 12.4. The molecule has 0 saturated heterocycles. The number of nitrogens with one attached hydrogen (secondary N) is 1. The Hall–Kier alpha value is -2.14. The number of benzene rings is 1. The number of esters is 1. The molecule has 0 radical (unpaired) electrons. The van der Waals surface area contributed by atoms with E-state index in [1.165, 1.54) is 11.3 Å². The highest BCUT2D eigenvalue weighted by molar-refractivity contribution is 7.12. The number of carbonyl (C=O) groups is 2. The Labute approximate surface area is 140 Å². The van der Waals surface area contributed by atoms with Crippen LogP contribution in [0.15, 0.2) is 41.8 Å². The van der Waals surface area contributed by atoms with Gasteiger partial charge in [0.15, 0.2) is 6.10 Å². The Kier molecular flexibility index (Phi) is 5.21. The number of rotatable bonds is 4. The van der Waals surface area contributed by atoms with Gasteiger partial charge in [0.05, 0.1) is 0 Å². The van der Waals surface area contributed by atoms with Crippen LogP contribution in [0.5, 0.6) is 0 Å². The molecule has 0 aliphatic rings. The lowest BCUT2D eigenvalue weighted by atomic mass is 10.1. The SMILES string of the molecule is C[C@@H](OC(=O)c1sccc1-c1ccccc1)C(=O)NC(C)(C)C. The lowest BCUT2D eigenvalue weighted by Gasteiger charge is -2.23. The molecule has 0 aliphatic carbocycles. The van der Waals surface area contributed by atoms with E-state index >= 15 is 0 Å². The second kappa shape index (κ2) is 6.96. The molecule has 2 rings (SSSR count). The van der Waals surface area contributed by atoms with Crippen molar-refractivity contribution in [2.75, 3.05) is 0 Å². The van der Waals surface area contributed by atoms with Crippen molar-refractivity contribution in [1.29, 1.82) is 0 Å². The Morgan fingerprint density at radius 1 is 1.13 bits per heavy atom. The lowest BCUT2D eigenvalue weighted by Crippen LogP contribution is -2.46. The van der Waals surface area contributed by atoms with Crippen LogP contribution in [0.1, 0.15) is 37.4 Å². The predicted molar refractivity (Wildman–Crippen MR) is 92.5 cm³/mol. The van der Waals surface area contributed by atoms with Gasteiger partial charge in [0.25, 0.3) is 5.91 Å². The van der Waals surface area contributed by atoms with Crippen LogP contribution in [-0.4, -0.2) is 23.5 Å². The molecular weight excluding hydrogens is 310 g/mol. The average Bonchev–Trinajstić information content (AvgIpc) is 2.95. The van der Waals surface area contributed by atoms with Crippen molar-refractivity contribution in [3.8, 4) is 11.1 Å². The molecule has 1 amide bonds. The minimum absolute atomic E-state index is 0.302. The van der Waals surface area contributed by atoms with Gasteiger partial charge in [-0.15, -0.1) is 11.3 Å². The second-order valence-electron chi connectivity index (χ2n) is 6.32. The number of hydrogen-bond donors (Lipinski definition) is 1. The van der Waals surface area contributed by atoms with E-state index in [9.17, 15) is 9.59 Å². The van der Waals surface area contributed by atoms with Crippen LogP contribution >= 0.6 is 11.3 Å². The maximum absolute atomic E-state index is 12.4. The van der Waals surface area contributed by atoms with E-state index in [-0.39, 0.29) is 11.4 Å². The van der Waals surface area contributed by atoms with Crippen LogP contribution in [-0.2, 0) is 9.53 Å². The monoisotopic (exact) mass is 331 g/mol. The van der Waals surface area contributed by atoms with Gasteiger partial charge in [0.1, 0.15) is 4.88 Å². The Morgan fingerprint density at radius 3 is 2.39 bits per heavy atom. The summed E-state index contributed by atoms with van der Waals surface area (Å²) in [4.78, 5) is 24.9. The fourth-order valence-electron chi connectivity index (χ4n) is 2.05. The molecule has 122 valence electrons. The Morgan fingerprint density at radius 2 is 1.78 bits per heavy atom. The molecule has 0 bridgehead atoms. The number of hydrogen-bond acceptors (Lipinski definition) is 4. The molecule has 1 heterocycles. The third kappa shape index (κ3) is 4.66. The molecule has 1 atom stereocenters. The Bertz CT molecular complexity index is 686. The summed E-state index contributed by atoms with van der Waals surface area (Å²) in [7, 11) is 0. The number of ether oxygens (including phenoxy) is 1. The van der Waals surface area contributed by atoms with Crippen molar-refractivity contribution in [3.63, 3.8) is 0 Å². The van der Waals surface area contributed by atoms with E-state index in [0.717, 1.165) is 11.1 Å². The molecule has 0 fully saturated rings. The molecular formula is C18H21NO3S. The van der Waals surface area contributed by atoms with E-state index in [0.29, 0.717) is 4.88 Å². The summed E-state index contributed by atoms with van der Waals surface area (Å²) in [6, 6.07) is 11.5. The van der Waals surface area contributed by atoms with Crippen LogP contribution in [0.3, 0.4) is 0 Å². The normalized spacial score (nSPS) is 12.5. The zero-order valence-electron chi connectivity index (χ0n) is 13.8. The van der Waals surface area contributed by atoms with Crippen LogP contribution in [0.25, 0.3) is 11.1 Å². The van der Waals surface area contributed by atoms with E-state index in [1.54, 1.807) is 6.92 Å². The first-order valence-corrected chi connectivity index (χ1v) is 8.32. The van der Waals surface area contributed by atoms with Crippen molar-refractivity contribution in [3.05, 3.63) is 46.7 Å². The highest BCUT2D eigenvalue weighted by Gasteiger charge is 2.24. The van der Waals surface area contributed by atoms with Crippen LogP contribution in [0.4, 0.5) is 0 Å². The van der Waals surface area contributed by atoms with E-state index < -0.39 is 12.1 Å². The van der Waals surface area contributed by atoms with Gasteiger partial charge in [0, 0.05) is 11.1 Å². The summed E-state index contributed by atoms with van der Waals surface area (Å²) >= 11 is 1.31. The van der Waals surface area contributed by atoms with Crippen molar-refractivity contribution in [2.24, 2.45) is 0 Å². The summed E-state index contributed by atoms with van der Waals surface area (Å²) in [5.74, 6) is -0.779. The highest BCUT2D eigenvalue weighted by Crippen LogP contribution is 2.29. The highest BCUT2D eigenvalue weighted by atomic mass is 32.1. The number of thiophene rings is 1. The van der Waals surface area contributed by atoms with Gasteiger partial charge in [0.2, 0.25) is 0 Å². The first-order valence-electron chi connectivity index (χ1n) is 7.44. The van der Waals surface area contributed by atoms with Gasteiger partial charge >= 0.3 is 5.97 Å². The van der Waals surface area contributed by atoms with E-state index in [2.05, 4.69) is 5.32 Å². The van der Waals surface area contributed by atoms with Crippen molar-refractivity contribution in [2.45, 2.75) is 39.3 Å². The molecule has 0 saturated carbocycles. The quantitative estimate of drug-likeness (QED) is 0.865. The minimum atomic E-state index is -0.840. The van der Waals surface area contributed by atoms with Gasteiger partial charge < -0.3 is 10.1 Å². The fourth-order valence-corrected chi connectivity index (χ4v) is 2.85. The summed E-state index contributed by atoms with van der Waals surface area (Å²) in [5.41, 5.74) is 1.41. The molecule has 0 spiro atoms. The third-order valence-corrected chi connectivity index (χ3v) is 3.98. The largest absolute Gasteiger partial charge is 0.448 e. The molecule has 0 aliphatic heterocycles. The first kappa shape index (κ1) is 17.2. The van der Waals surface area contributed by atoms with E-state index in [1.807, 2.05) is 62.5 Å². The van der Waals surface area contributed by atoms with Crippen molar-refractivity contribution < 1.29 is 14.3 Å². The van der Waals surface area contributed by atoms with Crippen LogP contribution in [0.2, 0.25) is 0 Å². The van der Waals surface area contributed by atoms with Crippen molar-refractivity contribution in [1.82, 2.24) is 5.32 Å². The summed E-state index contributed by atoms with van der Waals surface area (Å²) in [6.07, 6.45) is -0.840. The van der Waals surface area contributed by atoms with Crippen LogP contribution < -0.4 is 5.32 Å². The van der Waals surface area contributed by atoms with Gasteiger partial charge in [-0.25, -0.2) is 4.79 Å². The van der Waals surface area contributed by atoms with Gasteiger partial charge in [-0.05, 0) is 44.7 Å². The number of carbonyl (C=O) groups excluding carboxylic acids is 2. The molecule has 4 nitrogen and oxygen atoms in total. The molecule has 1 N–H and O–H groups in total. The van der Waals surface area contributed by atoms with Gasteiger partial charge in [-0.2, -0.15) is 0 Å². The molecule has 23 heavy (non-hydrogen) atoms. The maximum Gasteiger partial charge on any atom is 0.349 e. The van der Waals surface area contributed by atoms with Crippen LogP contribution in [0, 0.1) is 0 Å². The zero-order valence-corrected chi connectivity index (χ0v) is 14.6. The summed E-state index contributed by atoms with van der Waals surface area (Å²) in [5, 5.41) is 4.65. The van der Waals surface area contributed by atoms with E-state index in [4.69, 9.17) is 4.74 Å². The average molecular weight is 331 g/mol. The smallest absolute Gasteiger partial charge is 0.349 e. The fraction of sp³-hybridized carbons (Fsp3) is 0.333. The predicted octanol–water partition coefficient (Wildman–Crippen LogP) is 3.88. The summed E-state index contributed by atoms with van der Waals surface area (Å²) < 4.78 is 5.32. The van der Waals surface area contributed by atoms with Gasteiger partial charge in [-0.1, -0.05) is 30.3 Å². The Balaban J connectivity index is 2.11. The van der Waals surface area contributed by atoms with Crippen molar-refractivity contribution >= 4 is 23.2 Å². The first-order chi connectivity index (χ1) is 10.8. The standard InChI is InChI=1S/C18H21NO3S/c1-12(16(20)19-18(2,3)4)22-17(21)15-14(10-11-23-15)13-8-6-5-7-9-13/h5-12H,1-4H3,(H,19,20)/t12-/m1/s1. The zero-order chi connectivity index (χ0) is 17.0. The minimum Gasteiger partial charge on any atom is -0.448 e. The molecule has 1 aromatic heterocycles. The second-order valence-corrected chi connectivity index (χ2v) is 7.23. The molecule has 1 aromatic carbocycles. The van der Waals surface area contributed by atoms with Gasteiger partial charge in [-0.3, -0.25) is 4.79 Å². The topological polar surface area (TPSA) is 55.4 Å². The number of amides is 1. The molecule has 0 unspecified atom stereocenters. The lowest BCUT2D eigenvalue weighted by molar-refractivity contribution is -0.130.